The van der Waals surface area contributed by atoms with Crippen molar-refractivity contribution in [3.63, 3.8) is 0 Å². The van der Waals surface area contributed by atoms with E-state index in [4.69, 9.17) is 9.47 Å². The zero-order valence-corrected chi connectivity index (χ0v) is 23.5. The van der Waals surface area contributed by atoms with Gasteiger partial charge in [-0.3, -0.25) is 0 Å². The highest BCUT2D eigenvalue weighted by molar-refractivity contribution is 5.97. The molecule has 2 aliphatic rings. The highest BCUT2D eigenvalue weighted by Crippen LogP contribution is 2.57. The predicted molar refractivity (Wildman–Crippen MR) is 168 cm³/mol. The van der Waals surface area contributed by atoms with Gasteiger partial charge in [0, 0.05) is 16.5 Å². The summed E-state index contributed by atoms with van der Waals surface area (Å²) in [6.45, 7) is 0. The highest BCUT2D eigenvalue weighted by Gasteiger charge is 2.49. The van der Waals surface area contributed by atoms with E-state index in [0.717, 1.165) is 58.4 Å². The first-order valence-corrected chi connectivity index (χ1v) is 14.8. The molecule has 0 aliphatic heterocycles. The molecule has 0 atom stereocenters. The summed E-state index contributed by atoms with van der Waals surface area (Å²) in [5, 5.41) is 4.14. The number of benzene rings is 6. The van der Waals surface area contributed by atoms with Crippen LogP contribution in [0.1, 0.15) is 55.8 Å². The molecule has 4 heteroatoms. The Morgan fingerprint density at radius 1 is 0.488 bits per heavy atom. The van der Waals surface area contributed by atoms with E-state index in [1.54, 1.807) is 0 Å². The van der Waals surface area contributed by atoms with E-state index in [0.29, 0.717) is 22.6 Å². The molecule has 0 fully saturated rings. The number of carbonyl (C=O) groups excluding carboxylic acids is 2. The van der Waals surface area contributed by atoms with Crippen LogP contribution in [0.5, 0.6) is 11.5 Å². The fourth-order valence-electron chi connectivity index (χ4n) is 7.22. The normalized spacial score (nSPS) is 14.5. The summed E-state index contributed by atoms with van der Waals surface area (Å²) in [6.07, 6.45) is 3.46. The zero-order valence-electron chi connectivity index (χ0n) is 23.5. The van der Waals surface area contributed by atoms with Gasteiger partial charge in [0.1, 0.15) is 11.5 Å². The van der Waals surface area contributed by atoms with Crippen molar-refractivity contribution in [2.75, 3.05) is 0 Å². The van der Waals surface area contributed by atoms with E-state index < -0.39 is 5.41 Å². The lowest BCUT2D eigenvalue weighted by atomic mass is 9.76. The van der Waals surface area contributed by atoms with Crippen LogP contribution in [0.2, 0.25) is 0 Å². The third-order valence-electron chi connectivity index (χ3n) is 9.20. The Hall–Kier alpha value is -5.22. The van der Waals surface area contributed by atoms with Crippen LogP contribution >= 0.6 is 0 Å². The largest absolute Gasteiger partial charge is 0.423 e. The minimum absolute atomic E-state index is 0.379. The van der Waals surface area contributed by atoms with Crippen LogP contribution in [0, 0.1) is 0 Å². The molecule has 43 heavy (non-hydrogen) atoms. The van der Waals surface area contributed by atoms with Crippen molar-refractivity contribution in [2.45, 2.75) is 31.1 Å². The van der Waals surface area contributed by atoms with Crippen molar-refractivity contribution in [2.24, 2.45) is 0 Å². The third-order valence-corrected chi connectivity index (χ3v) is 9.20. The second-order valence-corrected chi connectivity index (χ2v) is 11.6. The molecule has 6 aromatic rings. The molecule has 0 aromatic heterocycles. The number of ether oxygens (including phenoxy) is 2. The first-order chi connectivity index (χ1) is 21.1. The average Bonchev–Trinajstić information content (AvgIpc) is 3.62. The topological polar surface area (TPSA) is 52.6 Å². The summed E-state index contributed by atoms with van der Waals surface area (Å²) in [7, 11) is 0. The molecule has 1 spiro atoms. The van der Waals surface area contributed by atoms with Gasteiger partial charge in [0.2, 0.25) is 0 Å². The minimum atomic E-state index is -0.398. The van der Waals surface area contributed by atoms with Gasteiger partial charge in [-0.2, -0.15) is 0 Å². The highest BCUT2D eigenvalue weighted by atomic mass is 16.5. The Labute approximate surface area is 249 Å². The predicted octanol–water partition coefficient (Wildman–Crippen LogP) is 8.61. The quantitative estimate of drug-likeness (QED) is 0.160. The third kappa shape index (κ3) is 4.21. The lowest BCUT2D eigenvalue weighted by molar-refractivity contribution is 0.0726. The van der Waals surface area contributed by atoms with Crippen LogP contribution in [0.15, 0.2) is 121 Å². The number of carbonyl (C=O) groups is 2. The second-order valence-electron chi connectivity index (χ2n) is 11.6. The lowest BCUT2D eigenvalue weighted by Crippen LogP contribution is -2.24. The maximum Gasteiger partial charge on any atom is 0.343 e. The van der Waals surface area contributed by atoms with Crippen molar-refractivity contribution in [3.05, 3.63) is 155 Å². The van der Waals surface area contributed by atoms with Gasteiger partial charge in [0.25, 0.3) is 0 Å². The number of hydrogen-bond acceptors (Lipinski definition) is 4. The summed E-state index contributed by atoms with van der Waals surface area (Å²) >= 11 is 0. The number of rotatable bonds is 4. The van der Waals surface area contributed by atoms with Gasteiger partial charge < -0.3 is 9.47 Å². The zero-order chi connectivity index (χ0) is 29.0. The van der Waals surface area contributed by atoms with Gasteiger partial charge >= 0.3 is 11.9 Å². The molecule has 4 nitrogen and oxygen atoms in total. The van der Waals surface area contributed by atoms with Crippen LogP contribution < -0.4 is 9.47 Å². The van der Waals surface area contributed by atoms with Crippen LogP contribution in [0.3, 0.4) is 0 Å². The van der Waals surface area contributed by atoms with Crippen molar-refractivity contribution in [1.29, 1.82) is 0 Å². The van der Waals surface area contributed by atoms with Gasteiger partial charge in [-0.1, -0.05) is 84.9 Å². The van der Waals surface area contributed by atoms with Crippen molar-refractivity contribution >= 4 is 33.5 Å². The smallest absolute Gasteiger partial charge is 0.343 e. The molecule has 6 aromatic carbocycles. The van der Waals surface area contributed by atoms with Gasteiger partial charge in [-0.15, -0.1) is 0 Å². The summed E-state index contributed by atoms with van der Waals surface area (Å²) in [5.74, 6) is 0.402. The second kappa shape index (κ2) is 9.95. The molecule has 0 bridgehead atoms. The van der Waals surface area contributed by atoms with Crippen LogP contribution in [-0.4, -0.2) is 11.9 Å². The van der Waals surface area contributed by atoms with E-state index in [2.05, 4.69) is 12.1 Å². The standard InChI is InChI=1S/C39H28O4/c40-37(31-17-15-25-7-1-3-9-29(25)23-31)42-33-13-5-11-27-19-21-39(35(27)33)22-20-28-12-6-14-34(36(28)39)43-38(41)32-18-16-26-8-2-4-10-30(26)24-32/h1-18,23-24H,19-22H2. The molecular formula is C39H28O4. The molecule has 208 valence electrons. The van der Waals surface area contributed by atoms with Crippen molar-refractivity contribution < 1.29 is 19.1 Å². The van der Waals surface area contributed by atoms with Gasteiger partial charge in [-0.05, 0) is 94.8 Å². The van der Waals surface area contributed by atoms with Crippen LogP contribution in [-0.2, 0) is 18.3 Å². The molecule has 0 amide bonds. The van der Waals surface area contributed by atoms with Crippen molar-refractivity contribution in [3.8, 4) is 11.5 Å². The van der Waals surface area contributed by atoms with E-state index in [1.807, 2.05) is 109 Å². The Morgan fingerprint density at radius 2 is 0.930 bits per heavy atom. The van der Waals surface area contributed by atoms with Crippen LogP contribution in [0.4, 0.5) is 0 Å². The summed E-state index contributed by atoms with van der Waals surface area (Å²) in [5.41, 5.74) is 5.06. The monoisotopic (exact) mass is 560 g/mol. The maximum absolute atomic E-state index is 13.5. The lowest BCUT2D eigenvalue weighted by Gasteiger charge is -2.29. The molecule has 0 unspecified atom stereocenters. The summed E-state index contributed by atoms with van der Waals surface area (Å²) in [6, 6.07) is 39.2. The Morgan fingerprint density at radius 3 is 1.40 bits per heavy atom. The number of fused-ring (bicyclic) bond motifs is 6. The Bertz CT molecular complexity index is 1940. The minimum Gasteiger partial charge on any atom is -0.423 e. The fraction of sp³-hybridized carbons (Fsp3) is 0.128. The summed E-state index contributed by atoms with van der Waals surface area (Å²) in [4.78, 5) is 27.0. The van der Waals surface area contributed by atoms with E-state index in [1.165, 1.54) is 11.1 Å². The van der Waals surface area contributed by atoms with Crippen LogP contribution in [0.25, 0.3) is 21.5 Å². The Kier molecular flexibility index (Phi) is 5.90. The molecular weight excluding hydrogens is 532 g/mol. The summed E-state index contributed by atoms with van der Waals surface area (Å²) < 4.78 is 12.4. The van der Waals surface area contributed by atoms with Gasteiger partial charge in [-0.25, -0.2) is 9.59 Å². The molecule has 0 heterocycles. The van der Waals surface area contributed by atoms with Crippen molar-refractivity contribution in [1.82, 2.24) is 0 Å². The fourth-order valence-corrected chi connectivity index (χ4v) is 7.22. The van der Waals surface area contributed by atoms with E-state index in [-0.39, 0.29) is 11.9 Å². The first-order valence-electron chi connectivity index (χ1n) is 14.8. The molecule has 0 saturated carbocycles. The molecule has 0 radical (unpaired) electrons. The van der Waals surface area contributed by atoms with Gasteiger partial charge in [0.05, 0.1) is 11.1 Å². The van der Waals surface area contributed by atoms with E-state index in [9.17, 15) is 9.59 Å². The number of aryl methyl sites for hydroxylation is 2. The van der Waals surface area contributed by atoms with E-state index >= 15 is 0 Å². The van der Waals surface area contributed by atoms with Gasteiger partial charge in [0.15, 0.2) is 0 Å². The number of esters is 2. The molecule has 0 N–H and O–H groups in total. The first kappa shape index (κ1) is 25.5. The molecule has 8 rings (SSSR count). The SMILES string of the molecule is O=C(Oc1cccc2c1C1(CC2)CCc2cccc(OC(=O)c3ccc4ccccc4c3)c21)c1ccc2ccccc2c1. The maximum atomic E-state index is 13.5. The number of hydrogen-bond donors (Lipinski definition) is 0. The Balaban J connectivity index is 1.16. The average molecular weight is 561 g/mol. The molecule has 2 aliphatic carbocycles. The molecule has 0 saturated heterocycles.